The number of thioether (sulfide) groups is 1. The number of rotatable bonds is 6. The number of hydrogen-bond donors (Lipinski definition) is 2. The Morgan fingerprint density at radius 1 is 0.967 bits per heavy atom. The molecule has 158 valence electrons. The van der Waals surface area contributed by atoms with E-state index in [9.17, 15) is 19.5 Å². The van der Waals surface area contributed by atoms with Gasteiger partial charge in [0.15, 0.2) is 0 Å². The number of amides is 3. The maximum absolute atomic E-state index is 12.5. The van der Waals surface area contributed by atoms with E-state index in [1.807, 2.05) is 18.2 Å². The Bertz CT molecular complexity index is 932. The van der Waals surface area contributed by atoms with Crippen molar-refractivity contribution >= 4 is 51.1 Å². The van der Waals surface area contributed by atoms with E-state index in [1.165, 1.54) is 17.8 Å². The standard InChI is InChI=1S/C21H22BrN3O4S/c22-15-4-3-5-16(12-15)23-19(27)13-30-14-20(28)24-8-10-25(11-9-24)21(29)17-6-1-2-7-18(17)26/h1-7,12,26H,8-11,13-14H2,(H,23,27). The first-order valence-electron chi connectivity index (χ1n) is 9.42. The number of halogens is 1. The van der Waals surface area contributed by atoms with Gasteiger partial charge in [-0.1, -0.05) is 34.1 Å². The number of carbonyl (C=O) groups is 3. The highest BCUT2D eigenvalue weighted by Crippen LogP contribution is 2.19. The lowest BCUT2D eigenvalue weighted by Gasteiger charge is -2.34. The van der Waals surface area contributed by atoms with Crippen LogP contribution in [0.4, 0.5) is 5.69 Å². The van der Waals surface area contributed by atoms with E-state index >= 15 is 0 Å². The molecule has 1 fully saturated rings. The van der Waals surface area contributed by atoms with Crippen LogP contribution in [0.15, 0.2) is 53.0 Å². The summed E-state index contributed by atoms with van der Waals surface area (Å²) in [5, 5.41) is 12.6. The summed E-state index contributed by atoms with van der Waals surface area (Å²) in [7, 11) is 0. The smallest absolute Gasteiger partial charge is 0.257 e. The molecule has 1 aliphatic rings. The fourth-order valence-corrected chi connectivity index (χ4v) is 4.19. The number of nitrogens with zero attached hydrogens (tertiary/aromatic N) is 2. The number of carbonyl (C=O) groups excluding carboxylic acids is 3. The lowest BCUT2D eigenvalue weighted by atomic mass is 10.1. The maximum Gasteiger partial charge on any atom is 0.257 e. The SMILES string of the molecule is O=C(CSCC(=O)N1CCN(C(=O)c2ccccc2O)CC1)Nc1cccc(Br)c1. The number of anilines is 1. The number of phenolic OH excluding ortho intramolecular Hbond substituents is 1. The van der Waals surface area contributed by atoms with E-state index in [0.29, 0.717) is 31.9 Å². The lowest BCUT2D eigenvalue weighted by molar-refractivity contribution is -0.129. The molecule has 2 N–H and O–H groups in total. The molecule has 0 atom stereocenters. The third-order valence-electron chi connectivity index (χ3n) is 4.62. The fraction of sp³-hybridized carbons (Fsp3) is 0.286. The fourth-order valence-electron chi connectivity index (χ4n) is 3.07. The third-order valence-corrected chi connectivity index (χ3v) is 6.03. The quantitative estimate of drug-likeness (QED) is 0.648. The number of para-hydroxylation sites is 1. The van der Waals surface area contributed by atoms with Crippen molar-refractivity contribution in [3.05, 3.63) is 58.6 Å². The van der Waals surface area contributed by atoms with Gasteiger partial charge < -0.3 is 20.2 Å². The summed E-state index contributed by atoms with van der Waals surface area (Å²) in [5.74, 6) is -0.102. The zero-order valence-corrected chi connectivity index (χ0v) is 18.6. The van der Waals surface area contributed by atoms with Gasteiger partial charge in [-0.05, 0) is 30.3 Å². The predicted octanol–water partition coefficient (Wildman–Crippen LogP) is 2.81. The molecule has 1 heterocycles. The van der Waals surface area contributed by atoms with E-state index in [4.69, 9.17) is 0 Å². The van der Waals surface area contributed by atoms with E-state index in [1.54, 1.807) is 34.1 Å². The lowest BCUT2D eigenvalue weighted by Crippen LogP contribution is -2.51. The average Bonchev–Trinajstić information content (AvgIpc) is 2.73. The molecule has 0 unspecified atom stereocenters. The van der Waals surface area contributed by atoms with Gasteiger partial charge in [-0.2, -0.15) is 0 Å². The highest BCUT2D eigenvalue weighted by Gasteiger charge is 2.26. The Hall–Kier alpha value is -2.52. The topological polar surface area (TPSA) is 90.0 Å². The van der Waals surface area contributed by atoms with Gasteiger partial charge in [0.2, 0.25) is 11.8 Å². The van der Waals surface area contributed by atoms with Crippen molar-refractivity contribution in [1.29, 1.82) is 0 Å². The minimum absolute atomic E-state index is 0.0430. The molecule has 9 heteroatoms. The van der Waals surface area contributed by atoms with E-state index in [-0.39, 0.29) is 40.5 Å². The molecule has 30 heavy (non-hydrogen) atoms. The molecule has 0 aliphatic carbocycles. The highest BCUT2D eigenvalue weighted by atomic mass is 79.9. The molecule has 1 saturated heterocycles. The zero-order valence-electron chi connectivity index (χ0n) is 16.2. The minimum Gasteiger partial charge on any atom is -0.507 e. The van der Waals surface area contributed by atoms with Crippen LogP contribution < -0.4 is 5.32 Å². The van der Waals surface area contributed by atoms with Crippen LogP contribution >= 0.6 is 27.7 Å². The van der Waals surface area contributed by atoms with Gasteiger partial charge in [-0.15, -0.1) is 11.8 Å². The number of aromatic hydroxyl groups is 1. The first kappa shape index (κ1) is 22.2. The monoisotopic (exact) mass is 491 g/mol. The highest BCUT2D eigenvalue weighted by molar-refractivity contribution is 9.10. The largest absolute Gasteiger partial charge is 0.507 e. The van der Waals surface area contributed by atoms with Crippen molar-refractivity contribution < 1.29 is 19.5 Å². The molecule has 0 aromatic heterocycles. The van der Waals surface area contributed by atoms with Gasteiger partial charge in [0.05, 0.1) is 17.1 Å². The van der Waals surface area contributed by atoms with Crippen LogP contribution in [0.3, 0.4) is 0 Å². The molecule has 0 radical (unpaired) electrons. The number of benzene rings is 2. The number of hydrogen-bond acceptors (Lipinski definition) is 5. The van der Waals surface area contributed by atoms with Crippen LogP contribution in [0.25, 0.3) is 0 Å². The molecule has 2 aromatic carbocycles. The normalized spacial score (nSPS) is 13.8. The van der Waals surface area contributed by atoms with Crippen LogP contribution in [0.2, 0.25) is 0 Å². The van der Waals surface area contributed by atoms with Crippen molar-refractivity contribution in [2.45, 2.75) is 0 Å². The van der Waals surface area contributed by atoms with Crippen LogP contribution in [-0.4, -0.2) is 70.3 Å². The van der Waals surface area contributed by atoms with Gasteiger partial charge in [-0.25, -0.2) is 0 Å². The van der Waals surface area contributed by atoms with Gasteiger partial charge in [0.1, 0.15) is 5.75 Å². The van der Waals surface area contributed by atoms with Gasteiger partial charge in [0.25, 0.3) is 5.91 Å². The minimum atomic E-state index is -0.237. The number of nitrogens with one attached hydrogen (secondary N) is 1. The number of piperazine rings is 1. The average molecular weight is 492 g/mol. The Balaban J connectivity index is 1.39. The summed E-state index contributed by atoms with van der Waals surface area (Å²) in [5.41, 5.74) is 0.968. The first-order valence-corrected chi connectivity index (χ1v) is 11.4. The summed E-state index contributed by atoms with van der Waals surface area (Å²) in [6.07, 6.45) is 0. The zero-order chi connectivity index (χ0) is 21.5. The predicted molar refractivity (Wildman–Crippen MR) is 121 cm³/mol. The molecule has 1 aliphatic heterocycles. The van der Waals surface area contributed by atoms with Crippen molar-refractivity contribution in [2.24, 2.45) is 0 Å². The summed E-state index contributed by atoms with van der Waals surface area (Å²) in [6.45, 7) is 1.69. The van der Waals surface area contributed by atoms with E-state index in [0.717, 1.165) is 4.47 Å². The van der Waals surface area contributed by atoms with Gasteiger partial charge >= 0.3 is 0 Å². The molecule has 0 saturated carbocycles. The third kappa shape index (κ3) is 5.99. The van der Waals surface area contributed by atoms with Crippen molar-refractivity contribution in [3.63, 3.8) is 0 Å². The summed E-state index contributed by atoms with van der Waals surface area (Å²) >= 11 is 4.62. The number of phenols is 1. The molecule has 7 nitrogen and oxygen atoms in total. The van der Waals surface area contributed by atoms with E-state index < -0.39 is 0 Å². The van der Waals surface area contributed by atoms with E-state index in [2.05, 4.69) is 21.2 Å². The van der Waals surface area contributed by atoms with Crippen LogP contribution in [0.5, 0.6) is 5.75 Å². The first-order chi connectivity index (χ1) is 14.4. The second-order valence-electron chi connectivity index (χ2n) is 6.74. The molecule has 3 amide bonds. The molecule has 2 aromatic rings. The Labute approximate surface area is 187 Å². The second kappa shape index (κ2) is 10.5. The van der Waals surface area contributed by atoms with Crippen molar-refractivity contribution in [1.82, 2.24) is 9.80 Å². The van der Waals surface area contributed by atoms with Crippen molar-refractivity contribution in [3.8, 4) is 5.75 Å². The molecular formula is C21H22BrN3O4S. The molecule has 3 rings (SSSR count). The van der Waals surface area contributed by atoms with Crippen LogP contribution in [-0.2, 0) is 9.59 Å². The summed E-state index contributed by atoms with van der Waals surface area (Å²) < 4.78 is 0.878. The second-order valence-corrected chi connectivity index (χ2v) is 8.64. The van der Waals surface area contributed by atoms with Gasteiger partial charge in [-0.3, -0.25) is 14.4 Å². The molecular weight excluding hydrogens is 470 g/mol. The maximum atomic E-state index is 12.5. The van der Waals surface area contributed by atoms with Gasteiger partial charge in [0, 0.05) is 36.3 Å². The Morgan fingerprint density at radius 2 is 1.67 bits per heavy atom. The van der Waals surface area contributed by atoms with Crippen LogP contribution in [0.1, 0.15) is 10.4 Å². The Morgan fingerprint density at radius 3 is 2.37 bits per heavy atom. The molecule has 0 spiro atoms. The Kier molecular flexibility index (Phi) is 7.75. The molecule has 0 bridgehead atoms. The van der Waals surface area contributed by atoms with Crippen LogP contribution in [0, 0.1) is 0 Å². The summed E-state index contributed by atoms with van der Waals surface area (Å²) in [6, 6.07) is 13.8. The summed E-state index contributed by atoms with van der Waals surface area (Å²) in [4.78, 5) is 40.3. The van der Waals surface area contributed by atoms with Crippen molar-refractivity contribution in [2.75, 3.05) is 43.0 Å².